The van der Waals surface area contributed by atoms with E-state index in [1.165, 1.54) is 37.3 Å². The summed E-state index contributed by atoms with van der Waals surface area (Å²) in [6, 6.07) is 13.2. The van der Waals surface area contributed by atoms with Gasteiger partial charge in [0.2, 0.25) is 0 Å². The van der Waals surface area contributed by atoms with Crippen molar-refractivity contribution in [1.29, 1.82) is 0 Å². The molecule has 0 unspecified atom stereocenters. The number of nitrogens with zero attached hydrogens (tertiary/aromatic N) is 1. The average Bonchev–Trinajstić information content (AvgIpc) is 2.74. The molecule has 0 aliphatic carbocycles. The fraction of sp³-hybridized carbons (Fsp3) is 0.364. The van der Waals surface area contributed by atoms with Crippen LogP contribution in [0.15, 0.2) is 47.6 Å². The van der Waals surface area contributed by atoms with Crippen molar-refractivity contribution in [1.82, 2.24) is 5.43 Å². The highest BCUT2D eigenvalue weighted by Gasteiger charge is 2.16. The van der Waals surface area contributed by atoms with Crippen LogP contribution >= 0.6 is 12.2 Å². The van der Waals surface area contributed by atoms with Gasteiger partial charge in [-0.3, -0.25) is 5.43 Å². The zero-order valence-corrected chi connectivity index (χ0v) is 17.8. The van der Waals surface area contributed by atoms with Gasteiger partial charge in [-0.25, -0.2) is 0 Å². The lowest BCUT2D eigenvalue weighted by Crippen LogP contribution is -3.11. The number of likely N-dealkylation sites (tertiary alicyclic amines) is 1. The van der Waals surface area contributed by atoms with Crippen LogP contribution in [-0.4, -0.2) is 36.1 Å². The van der Waals surface area contributed by atoms with Crippen LogP contribution in [-0.2, 0) is 6.54 Å². The molecule has 1 heterocycles. The Morgan fingerprint density at radius 1 is 1.17 bits per heavy atom. The highest BCUT2D eigenvalue weighted by molar-refractivity contribution is 7.80. The molecule has 0 bridgehead atoms. The third-order valence-corrected chi connectivity index (χ3v) is 5.34. The summed E-state index contributed by atoms with van der Waals surface area (Å²) < 4.78 is 5.21. The van der Waals surface area contributed by atoms with E-state index < -0.39 is 0 Å². The number of phenols is 1. The molecule has 2 aromatic carbocycles. The van der Waals surface area contributed by atoms with Gasteiger partial charge in [0.1, 0.15) is 18.0 Å². The van der Waals surface area contributed by atoms with Crippen molar-refractivity contribution in [3.8, 4) is 11.5 Å². The molecule has 0 spiro atoms. The second kappa shape index (κ2) is 10.2. The van der Waals surface area contributed by atoms with Crippen LogP contribution in [0.25, 0.3) is 0 Å². The molecule has 6 nitrogen and oxygen atoms in total. The van der Waals surface area contributed by atoms with Gasteiger partial charge >= 0.3 is 0 Å². The fourth-order valence-corrected chi connectivity index (χ4v) is 3.67. The summed E-state index contributed by atoms with van der Waals surface area (Å²) in [6.07, 6.45) is 3.84. The Morgan fingerprint density at radius 3 is 2.72 bits per heavy atom. The molecule has 1 aliphatic heterocycles. The molecule has 0 aromatic heterocycles. The van der Waals surface area contributed by atoms with Crippen LogP contribution in [0, 0.1) is 0 Å². The number of hydrogen-bond donors (Lipinski definition) is 4. The molecule has 3 rings (SSSR count). The number of rotatable bonds is 6. The minimum Gasteiger partial charge on any atom is -0.507 e. The second-order valence-electron chi connectivity index (χ2n) is 7.33. The first-order valence-corrected chi connectivity index (χ1v) is 10.4. The first kappa shape index (κ1) is 21.1. The van der Waals surface area contributed by atoms with E-state index in [0.29, 0.717) is 10.9 Å². The van der Waals surface area contributed by atoms with Gasteiger partial charge in [-0.05, 0) is 74.3 Å². The van der Waals surface area contributed by atoms with E-state index in [-0.39, 0.29) is 0 Å². The van der Waals surface area contributed by atoms with Crippen LogP contribution in [0.2, 0.25) is 0 Å². The van der Waals surface area contributed by atoms with Crippen molar-refractivity contribution in [2.75, 3.05) is 25.5 Å². The quantitative estimate of drug-likeness (QED) is 0.333. The maximum atomic E-state index is 10.3. The number of phenolic OH excluding ortho intramolecular Hbond substituents is 1. The number of benzene rings is 2. The highest BCUT2D eigenvalue weighted by Crippen LogP contribution is 2.19. The summed E-state index contributed by atoms with van der Waals surface area (Å²) in [5, 5.41) is 18.1. The Kier molecular flexibility index (Phi) is 7.43. The molecular formula is C22H29N4O2S+. The average molecular weight is 414 g/mol. The Morgan fingerprint density at radius 2 is 1.97 bits per heavy atom. The predicted molar refractivity (Wildman–Crippen MR) is 121 cm³/mol. The van der Waals surface area contributed by atoms with Crippen LogP contribution < -0.4 is 20.4 Å². The van der Waals surface area contributed by atoms with E-state index in [2.05, 4.69) is 15.8 Å². The Bertz CT molecular complexity index is 879. The number of piperidine rings is 1. The zero-order valence-electron chi connectivity index (χ0n) is 17.0. The molecule has 154 valence electrons. The Hall–Kier alpha value is -2.64. The fourth-order valence-electron chi connectivity index (χ4n) is 3.51. The van der Waals surface area contributed by atoms with Gasteiger partial charge in [-0.2, -0.15) is 5.10 Å². The van der Waals surface area contributed by atoms with Gasteiger partial charge in [0.05, 0.1) is 25.9 Å². The van der Waals surface area contributed by atoms with Crippen molar-refractivity contribution >= 4 is 28.7 Å². The van der Waals surface area contributed by atoms with Crippen LogP contribution in [0.4, 0.5) is 5.69 Å². The summed E-state index contributed by atoms with van der Waals surface area (Å²) in [5.74, 6) is 1.10. The number of quaternary nitrogens is 1. The molecule has 29 heavy (non-hydrogen) atoms. The minimum atomic E-state index is 0.350. The molecule has 0 saturated carbocycles. The Balaban J connectivity index is 1.62. The van der Waals surface area contributed by atoms with E-state index in [1.54, 1.807) is 13.2 Å². The molecule has 4 N–H and O–H groups in total. The smallest absolute Gasteiger partial charge is 0.191 e. The van der Waals surface area contributed by atoms with Gasteiger partial charge in [-0.1, -0.05) is 6.07 Å². The largest absolute Gasteiger partial charge is 0.507 e. The Labute approximate surface area is 177 Å². The van der Waals surface area contributed by atoms with Gasteiger partial charge in [-0.15, -0.1) is 0 Å². The van der Waals surface area contributed by atoms with Crippen molar-refractivity contribution in [3.63, 3.8) is 0 Å². The predicted octanol–water partition coefficient (Wildman–Crippen LogP) is 2.68. The van der Waals surface area contributed by atoms with E-state index in [1.807, 2.05) is 43.3 Å². The highest BCUT2D eigenvalue weighted by atomic mass is 32.1. The molecule has 0 amide bonds. The first-order valence-electron chi connectivity index (χ1n) is 9.96. The molecule has 0 radical (unpaired) electrons. The lowest BCUT2D eigenvalue weighted by atomic mass is 10.0. The molecule has 7 heteroatoms. The summed E-state index contributed by atoms with van der Waals surface area (Å²) in [4.78, 5) is 1.53. The summed E-state index contributed by atoms with van der Waals surface area (Å²) in [5.41, 5.74) is 6.44. The van der Waals surface area contributed by atoms with Gasteiger partial charge < -0.3 is 20.1 Å². The molecule has 0 atom stereocenters. The topological polar surface area (TPSA) is 70.3 Å². The number of methoxy groups -OCH3 is 1. The summed E-state index contributed by atoms with van der Waals surface area (Å²) >= 11 is 5.33. The second-order valence-corrected chi connectivity index (χ2v) is 7.73. The molecular weight excluding hydrogens is 384 g/mol. The number of aromatic hydroxyl groups is 1. The van der Waals surface area contributed by atoms with Gasteiger partial charge in [0, 0.05) is 17.3 Å². The maximum absolute atomic E-state index is 10.3. The van der Waals surface area contributed by atoms with E-state index in [9.17, 15) is 5.11 Å². The van der Waals surface area contributed by atoms with Crippen LogP contribution in [0.3, 0.4) is 0 Å². The SMILES string of the molecule is COc1cccc(NC(=S)N/N=C(\C)c2ccc(O)c(C[NH+]3CCCCC3)c2)c1. The number of thiocarbonyl (C=S) groups is 1. The van der Waals surface area contributed by atoms with Crippen molar-refractivity contribution < 1.29 is 14.7 Å². The van der Waals surface area contributed by atoms with Gasteiger partial charge in [0.15, 0.2) is 5.11 Å². The van der Waals surface area contributed by atoms with Crippen molar-refractivity contribution in [3.05, 3.63) is 53.6 Å². The lowest BCUT2D eigenvalue weighted by Gasteiger charge is -2.24. The van der Waals surface area contributed by atoms with Crippen LogP contribution in [0.5, 0.6) is 11.5 Å². The number of anilines is 1. The van der Waals surface area contributed by atoms with Crippen molar-refractivity contribution in [2.24, 2.45) is 5.10 Å². The monoisotopic (exact) mass is 413 g/mol. The summed E-state index contributed by atoms with van der Waals surface area (Å²) in [7, 11) is 1.63. The molecule has 1 fully saturated rings. The third kappa shape index (κ3) is 6.17. The van der Waals surface area contributed by atoms with Crippen LogP contribution in [0.1, 0.15) is 37.3 Å². The first-order chi connectivity index (χ1) is 14.0. The number of hydrogen-bond acceptors (Lipinski definition) is 4. The lowest BCUT2D eigenvalue weighted by molar-refractivity contribution is -0.918. The zero-order chi connectivity index (χ0) is 20.6. The minimum absolute atomic E-state index is 0.350. The maximum Gasteiger partial charge on any atom is 0.191 e. The standard InChI is InChI=1S/C22H28N4O2S/c1-16(24-25-22(29)23-19-7-6-8-20(14-19)28-2)17-9-10-21(27)18(13-17)15-26-11-4-3-5-12-26/h6-10,13-14,27H,3-5,11-12,15H2,1-2H3,(H2,23,25,29)/p+1/b24-16+. The number of nitrogens with one attached hydrogen (secondary N) is 3. The van der Waals surface area contributed by atoms with Crippen molar-refractivity contribution in [2.45, 2.75) is 32.7 Å². The van der Waals surface area contributed by atoms with E-state index >= 15 is 0 Å². The van der Waals surface area contributed by atoms with Gasteiger partial charge in [0.25, 0.3) is 0 Å². The van der Waals surface area contributed by atoms with E-state index in [0.717, 1.165) is 34.8 Å². The molecule has 2 aromatic rings. The molecule has 1 aliphatic rings. The number of ether oxygens (including phenoxy) is 1. The molecule has 1 saturated heterocycles. The summed E-state index contributed by atoms with van der Waals surface area (Å²) in [6.45, 7) is 5.10. The van der Waals surface area contributed by atoms with E-state index in [4.69, 9.17) is 17.0 Å². The number of hydrazone groups is 1. The normalized spacial score (nSPS) is 15.0. The third-order valence-electron chi connectivity index (χ3n) is 5.15.